The number of fused-ring (bicyclic) bond motifs is 1. The summed E-state index contributed by atoms with van der Waals surface area (Å²) in [6.45, 7) is 7.54. The minimum Gasteiger partial charge on any atom is -0.473 e. The summed E-state index contributed by atoms with van der Waals surface area (Å²) in [5.41, 5.74) is 1.35. The number of aromatic nitrogens is 3. The number of nitrogens with one attached hydrogen (secondary N) is 2. The van der Waals surface area contributed by atoms with Crippen LogP contribution in [0.25, 0.3) is 11.2 Å². The first-order valence-corrected chi connectivity index (χ1v) is 8.67. The summed E-state index contributed by atoms with van der Waals surface area (Å²) < 4.78 is 7.51. The van der Waals surface area contributed by atoms with Gasteiger partial charge in [0.05, 0.1) is 6.20 Å². The molecule has 1 fully saturated rings. The van der Waals surface area contributed by atoms with Crippen LogP contribution in [-0.4, -0.2) is 49.5 Å². The van der Waals surface area contributed by atoms with Crippen LogP contribution in [0.3, 0.4) is 0 Å². The quantitative estimate of drug-likeness (QED) is 0.594. The fourth-order valence-corrected chi connectivity index (χ4v) is 3.00. The number of aliphatic hydroxyl groups excluding tert-OH is 2. The molecule has 2 aromatic heterocycles. The minimum atomic E-state index is -0.918. The van der Waals surface area contributed by atoms with E-state index in [2.05, 4.69) is 20.6 Å². The largest absolute Gasteiger partial charge is 0.473 e. The van der Waals surface area contributed by atoms with E-state index in [0.29, 0.717) is 22.6 Å². The average molecular weight is 349 g/mol. The Labute approximate surface area is 147 Å². The lowest BCUT2D eigenvalue weighted by Gasteiger charge is -2.25. The van der Waals surface area contributed by atoms with E-state index in [9.17, 15) is 10.2 Å². The van der Waals surface area contributed by atoms with E-state index in [0.717, 1.165) is 25.9 Å². The van der Waals surface area contributed by atoms with E-state index >= 15 is 0 Å². The van der Waals surface area contributed by atoms with Crippen LogP contribution in [0.5, 0.6) is 5.88 Å². The summed E-state index contributed by atoms with van der Waals surface area (Å²) in [5.74, 6) is 0.444. The van der Waals surface area contributed by atoms with Crippen molar-refractivity contribution in [3.8, 4) is 5.88 Å². The van der Waals surface area contributed by atoms with Crippen LogP contribution in [0, 0.1) is 0 Å². The predicted molar refractivity (Wildman–Crippen MR) is 94.1 cm³/mol. The second kappa shape index (κ2) is 7.25. The van der Waals surface area contributed by atoms with Crippen molar-refractivity contribution >= 4 is 11.2 Å². The number of piperidine rings is 1. The first kappa shape index (κ1) is 18.1. The summed E-state index contributed by atoms with van der Waals surface area (Å²) >= 11 is 0. The number of aliphatic hydroxyl groups is 2. The number of rotatable bonds is 5. The molecule has 0 aromatic carbocycles. The van der Waals surface area contributed by atoms with Crippen molar-refractivity contribution in [1.82, 2.24) is 25.2 Å². The van der Waals surface area contributed by atoms with Crippen LogP contribution in [0.15, 0.2) is 12.4 Å². The Morgan fingerprint density at radius 1 is 1.40 bits per heavy atom. The van der Waals surface area contributed by atoms with Gasteiger partial charge in [0.2, 0.25) is 5.88 Å². The SMILES string of the molecule is CC(C)(C)NC(O)c1cn(CO)c2ncc(OC3CCNCC3)nc12. The first-order valence-electron chi connectivity index (χ1n) is 8.67. The summed E-state index contributed by atoms with van der Waals surface area (Å²) in [6.07, 6.45) is 4.30. The molecule has 0 bridgehead atoms. The lowest BCUT2D eigenvalue weighted by atomic mass is 10.1. The maximum Gasteiger partial charge on any atom is 0.233 e. The van der Waals surface area contributed by atoms with Gasteiger partial charge in [-0.2, -0.15) is 0 Å². The Hall–Kier alpha value is -1.74. The third-order valence-corrected chi connectivity index (χ3v) is 4.16. The molecule has 1 saturated heterocycles. The van der Waals surface area contributed by atoms with Gasteiger partial charge in [-0.15, -0.1) is 0 Å². The molecule has 0 radical (unpaired) electrons. The zero-order valence-electron chi connectivity index (χ0n) is 15.0. The molecule has 1 aliphatic rings. The maximum atomic E-state index is 10.6. The predicted octanol–water partition coefficient (Wildman–Crippen LogP) is 0.891. The Morgan fingerprint density at radius 2 is 2.12 bits per heavy atom. The van der Waals surface area contributed by atoms with Gasteiger partial charge in [0.1, 0.15) is 24.6 Å². The van der Waals surface area contributed by atoms with Gasteiger partial charge in [-0.05, 0) is 46.7 Å². The first-order chi connectivity index (χ1) is 11.9. The number of nitrogens with zero attached hydrogens (tertiary/aromatic N) is 3. The van der Waals surface area contributed by atoms with Gasteiger partial charge in [-0.25, -0.2) is 9.97 Å². The van der Waals surface area contributed by atoms with Gasteiger partial charge >= 0.3 is 0 Å². The van der Waals surface area contributed by atoms with E-state index in [4.69, 9.17) is 4.74 Å². The number of hydrogen-bond donors (Lipinski definition) is 4. The van der Waals surface area contributed by atoms with Crippen LogP contribution in [0.2, 0.25) is 0 Å². The zero-order valence-corrected chi connectivity index (χ0v) is 15.0. The second-order valence-electron chi connectivity index (χ2n) is 7.44. The van der Waals surface area contributed by atoms with Crippen molar-refractivity contribution in [3.05, 3.63) is 18.0 Å². The van der Waals surface area contributed by atoms with E-state index in [1.165, 1.54) is 0 Å². The Balaban J connectivity index is 1.91. The van der Waals surface area contributed by atoms with Crippen molar-refractivity contribution in [1.29, 1.82) is 0 Å². The lowest BCUT2D eigenvalue weighted by Crippen LogP contribution is -2.38. The molecule has 1 aliphatic heterocycles. The Kier molecular flexibility index (Phi) is 5.24. The summed E-state index contributed by atoms with van der Waals surface area (Å²) in [7, 11) is 0. The van der Waals surface area contributed by atoms with Gasteiger partial charge in [-0.1, -0.05) is 0 Å². The van der Waals surface area contributed by atoms with Crippen molar-refractivity contribution < 1.29 is 14.9 Å². The van der Waals surface area contributed by atoms with E-state index in [1.54, 1.807) is 17.0 Å². The monoisotopic (exact) mass is 349 g/mol. The molecule has 8 heteroatoms. The normalized spacial score (nSPS) is 17.8. The second-order valence-corrected chi connectivity index (χ2v) is 7.44. The van der Waals surface area contributed by atoms with Crippen molar-refractivity contribution in [2.75, 3.05) is 13.1 Å². The van der Waals surface area contributed by atoms with Crippen molar-refractivity contribution in [2.45, 2.75) is 58.2 Å². The molecule has 0 aliphatic carbocycles. The van der Waals surface area contributed by atoms with E-state index in [1.807, 2.05) is 20.8 Å². The molecule has 2 aromatic rings. The highest BCUT2D eigenvalue weighted by molar-refractivity contribution is 5.76. The van der Waals surface area contributed by atoms with Gasteiger partial charge < -0.3 is 24.8 Å². The molecule has 8 nitrogen and oxygen atoms in total. The maximum absolute atomic E-state index is 10.6. The molecule has 25 heavy (non-hydrogen) atoms. The number of ether oxygens (including phenoxy) is 1. The highest BCUT2D eigenvalue weighted by Gasteiger charge is 2.23. The highest BCUT2D eigenvalue weighted by Crippen LogP contribution is 2.26. The third-order valence-electron chi connectivity index (χ3n) is 4.16. The lowest BCUT2D eigenvalue weighted by molar-refractivity contribution is 0.107. The average Bonchev–Trinajstić information content (AvgIpc) is 2.92. The Bertz CT molecular complexity index is 719. The molecule has 4 N–H and O–H groups in total. The van der Waals surface area contributed by atoms with Crippen LogP contribution in [0.4, 0.5) is 0 Å². The van der Waals surface area contributed by atoms with Gasteiger partial charge in [0, 0.05) is 17.3 Å². The van der Waals surface area contributed by atoms with Crippen molar-refractivity contribution in [2.24, 2.45) is 0 Å². The smallest absolute Gasteiger partial charge is 0.233 e. The molecule has 3 rings (SSSR count). The third kappa shape index (κ3) is 4.27. The highest BCUT2D eigenvalue weighted by atomic mass is 16.5. The summed E-state index contributed by atoms with van der Waals surface area (Å²) in [6, 6.07) is 0. The zero-order chi connectivity index (χ0) is 18.0. The topological polar surface area (TPSA) is 104 Å². The summed E-state index contributed by atoms with van der Waals surface area (Å²) in [4.78, 5) is 8.93. The summed E-state index contributed by atoms with van der Waals surface area (Å²) in [5, 5.41) is 26.5. The molecule has 0 amide bonds. The molecular weight excluding hydrogens is 322 g/mol. The molecular formula is C17H27N5O3. The van der Waals surface area contributed by atoms with Crippen LogP contribution in [-0.2, 0) is 6.73 Å². The van der Waals surface area contributed by atoms with Crippen LogP contribution in [0.1, 0.15) is 45.4 Å². The molecule has 0 saturated carbocycles. The molecule has 1 atom stereocenters. The molecule has 138 valence electrons. The molecule has 3 heterocycles. The molecule has 1 unspecified atom stereocenters. The van der Waals surface area contributed by atoms with Crippen molar-refractivity contribution in [3.63, 3.8) is 0 Å². The minimum absolute atomic E-state index is 0.119. The van der Waals surface area contributed by atoms with Crippen LogP contribution >= 0.6 is 0 Å². The fraction of sp³-hybridized carbons (Fsp3) is 0.647. The van der Waals surface area contributed by atoms with E-state index in [-0.39, 0.29) is 18.4 Å². The van der Waals surface area contributed by atoms with Gasteiger partial charge in [-0.3, -0.25) is 5.32 Å². The van der Waals surface area contributed by atoms with Crippen LogP contribution < -0.4 is 15.4 Å². The molecule has 0 spiro atoms. The number of hydrogen-bond acceptors (Lipinski definition) is 7. The van der Waals surface area contributed by atoms with Gasteiger partial charge in [0.25, 0.3) is 0 Å². The van der Waals surface area contributed by atoms with Gasteiger partial charge in [0.15, 0.2) is 5.65 Å². The standard InChI is InChI=1S/C17H27N5O3/c1-17(2,3)21-16(24)12-9-22(10-23)15-14(12)20-13(8-19-15)25-11-4-6-18-7-5-11/h8-9,11,16,18,21,23-24H,4-7,10H2,1-3H3. The fourth-order valence-electron chi connectivity index (χ4n) is 3.00. The Morgan fingerprint density at radius 3 is 2.76 bits per heavy atom. The van der Waals surface area contributed by atoms with E-state index < -0.39 is 6.23 Å².